The number of hydrogen-bond acceptors (Lipinski definition) is 6. The molecule has 32 heavy (non-hydrogen) atoms. The lowest BCUT2D eigenvalue weighted by Crippen LogP contribution is -2.54. The summed E-state index contributed by atoms with van der Waals surface area (Å²) in [6.07, 6.45) is -0.842. The number of rotatable bonds is 2. The first-order chi connectivity index (χ1) is 15.5. The van der Waals surface area contributed by atoms with Gasteiger partial charge >= 0.3 is 0 Å². The van der Waals surface area contributed by atoms with Gasteiger partial charge in [0.15, 0.2) is 11.8 Å². The molecule has 0 unspecified atom stereocenters. The molecule has 2 aliphatic rings. The van der Waals surface area contributed by atoms with Crippen molar-refractivity contribution in [3.05, 3.63) is 64.6 Å². The van der Waals surface area contributed by atoms with Crippen LogP contribution in [0.4, 0.5) is 5.69 Å². The second-order valence-corrected chi connectivity index (χ2v) is 7.75. The van der Waals surface area contributed by atoms with Crippen molar-refractivity contribution in [2.45, 2.75) is 6.10 Å². The molecule has 9 nitrogen and oxygen atoms in total. The summed E-state index contributed by atoms with van der Waals surface area (Å²) in [6.45, 7) is 1.98. The van der Waals surface area contributed by atoms with Crippen molar-refractivity contribution in [1.29, 1.82) is 0 Å². The van der Waals surface area contributed by atoms with Crippen molar-refractivity contribution in [2.24, 2.45) is 7.05 Å². The maximum atomic E-state index is 13.7. The van der Waals surface area contributed by atoms with E-state index in [0.29, 0.717) is 48.5 Å². The van der Waals surface area contributed by atoms with Crippen molar-refractivity contribution in [3.63, 3.8) is 0 Å². The summed E-state index contributed by atoms with van der Waals surface area (Å²) < 4.78 is 12.5. The molecule has 5 rings (SSSR count). The van der Waals surface area contributed by atoms with E-state index in [4.69, 9.17) is 9.47 Å². The van der Waals surface area contributed by atoms with Gasteiger partial charge in [0.1, 0.15) is 5.75 Å². The molecule has 2 amide bonds. The van der Waals surface area contributed by atoms with Crippen LogP contribution < -0.4 is 15.2 Å². The second-order valence-electron chi connectivity index (χ2n) is 7.75. The minimum absolute atomic E-state index is 0.0465. The number of morpholine rings is 1. The molecule has 0 bridgehead atoms. The van der Waals surface area contributed by atoms with Crippen LogP contribution in [-0.2, 0) is 16.6 Å². The van der Waals surface area contributed by atoms with Gasteiger partial charge in [-0.2, -0.15) is 5.10 Å². The van der Waals surface area contributed by atoms with Crippen LogP contribution in [0.5, 0.6) is 5.75 Å². The average Bonchev–Trinajstić information content (AvgIpc) is 2.85. The highest BCUT2D eigenvalue weighted by atomic mass is 16.5. The van der Waals surface area contributed by atoms with Gasteiger partial charge < -0.3 is 14.4 Å². The molecule has 164 valence electrons. The van der Waals surface area contributed by atoms with Gasteiger partial charge in [-0.15, -0.1) is 0 Å². The number of aromatic nitrogens is 2. The highest BCUT2D eigenvalue weighted by molar-refractivity contribution is 6.13. The molecule has 2 aromatic carbocycles. The van der Waals surface area contributed by atoms with E-state index >= 15 is 0 Å². The molecule has 1 aromatic heterocycles. The van der Waals surface area contributed by atoms with E-state index < -0.39 is 12.0 Å². The number of aryl methyl sites for hydroxylation is 1. The van der Waals surface area contributed by atoms with Gasteiger partial charge in [-0.25, -0.2) is 4.68 Å². The second kappa shape index (κ2) is 8.08. The van der Waals surface area contributed by atoms with E-state index in [0.717, 1.165) is 4.68 Å². The Morgan fingerprint density at radius 1 is 1.00 bits per heavy atom. The Bertz CT molecular complexity index is 1260. The largest absolute Gasteiger partial charge is 0.476 e. The van der Waals surface area contributed by atoms with Crippen LogP contribution in [0.15, 0.2) is 53.3 Å². The van der Waals surface area contributed by atoms with Crippen LogP contribution in [-0.4, -0.2) is 65.4 Å². The summed E-state index contributed by atoms with van der Waals surface area (Å²) in [7, 11) is 1.52. The van der Waals surface area contributed by atoms with E-state index in [9.17, 15) is 14.4 Å². The van der Waals surface area contributed by atoms with Gasteiger partial charge in [0.25, 0.3) is 17.4 Å². The Balaban J connectivity index is 1.55. The monoisotopic (exact) mass is 434 g/mol. The molecule has 9 heteroatoms. The number of fused-ring (bicyclic) bond motifs is 2. The summed E-state index contributed by atoms with van der Waals surface area (Å²) in [5, 5.41) is 5.15. The van der Waals surface area contributed by atoms with Gasteiger partial charge in [0.2, 0.25) is 0 Å². The van der Waals surface area contributed by atoms with Gasteiger partial charge in [0, 0.05) is 25.5 Å². The number of amides is 2. The summed E-state index contributed by atoms with van der Waals surface area (Å²) in [5.41, 5.74) is 0.431. The Morgan fingerprint density at radius 3 is 2.47 bits per heavy atom. The van der Waals surface area contributed by atoms with Crippen molar-refractivity contribution in [3.8, 4) is 5.75 Å². The number of carbonyl (C=O) groups excluding carboxylic acids is 2. The number of para-hydroxylation sites is 2. The third kappa shape index (κ3) is 3.40. The van der Waals surface area contributed by atoms with Crippen molar-refractivity contribution in [2.75, 3.05) is 37.7 Å². The van der Waals surface area contributed by atoms with Crippen LogP contribution in [0.1, 0.15) is 10.5 Å². The molecule has 0 spiro atoms. The van der Waals surface area contributed by atoms with Crippen LogP contribution in [0.25, 0.3) is 10.8 Å². The van der Waals surface area contributed by atoms with Crippen LogP contribution in [0, 0.1) is 0 Å². The van der Waals surface area contributed by atoms with E-state index in [1.54, 1.807) is 53.4 Å². The summed E-state index contributed by atoms with van der Waals surface area (Å²) >= 11 is 0. The van der Waals surface area contributed by atoms with Gasteiger partial charge in [-0.1, -0.05) is 30.3 Å². The Morgan fingerprint density at radius 2 is 1.69 bits per heavy atom. The minimum Gasteiger partial charge on any atom is -0.476 e. The predicted molar refractivity (Wildman–Crippen MR) is 117 cm³/mol. The third-order valence-corrected chi connectivity index (χ3v) is 5.78. The van der Waals surface area contributed by atoms with E-state index in [-0.39, 0.29) is 23.7 Å². The molecule has 0 aliphatic carbocycles. The zero-order valence-electron chi connectivity index (χ0n) is 17.6. The third-order valence-electron chi connectivity index (χ3n) is 5.78. The van der Waals surface area contributed by atoms with E-state index in [1.807, 2.05) is 0 Å². The topological polar surface area (TPSA) is 94.0 Å². The lowest BCUT2D eigenvalue weighted by Gasteiger charge is -2.37. The van der Waals surface area contributed by atoms with Gasteiger partial charge in [-0.05, 0) is 18.2 Å². The van der Waals surface area contributed by atoms with Crippen molar-refractivity contribution in [1.82, 2.24) is 14.7 Å². The first-order valence-electron chi connectivity index (χ1n) is 10.4. The number of carbonyl (C=O) groups is 2. The average molecular weight is 434 g/mol. The molecule has 2 aliphatic heterocycles. The number of benzene rings is 2. The molecule has 1 fully saturated rings. The lowest BCUT2D eigenvalue weighted by atomic mass is 10.1. The molecule has 0 radical (unpaired) electrons. The fourth-order valence-electron chi connectivity index (χ4n) is 4.13. The van der Waals surface area contributed by atoms with Gasteiger partial charge in [-0.3, -0.25) is 19.3 Å². The molecule has 1 saturated heterocycles. The molecular formula is C23H22N4O5. The molecule has 0 saturated carbocycles. The zero-order chi connectivity index (χ0) is 22.2. The standard InChI is InChI=1S/C23H22N4O5/c1-25-21(28)16-7-3-2-6-15(16)20(24-25)23(30)27-14-19(22(29)26-10-12-31-13-11-26)32-18-9-5-4-8-17(18)27/h2-9,19H,10-14H2,1H3/t19-/m0/s1. The number of anilines is 1. The first-order valence-corrected chi connectivity index (χ1v) is 10.4. The smallest absolute Gasteiger partial charge is 0.279 e. The highest BCUT2D eigenvalue weighted by Crippen LogP contribution is 2.35. The minimum atomic E-state index is -0.842. The Hall–Kier alpha value is -3.72. The number of ether oxygens (including phenoxy) is 2. The molecular weight excluding hydrogens is 412 g/mol. The number of nitrogens with zero attached hydrogens (tertiary/aromatic N) is 4. The van der Waals surface area contributed by atoms with Crippen LogP contribution in [0.3, 0.4) is 0 Å². The normalized spacial score (nSPS) is 18.2. The lowest BCUT2D eigenvalue weighted by molar-refractivity contribution is -0.142. The van der Waals surface area contributed by atoms with E-state index in [1.165, 1.54) is 11.9 Å². The first kappa shape index (κ1) is 20.2. The predicted octanol–water partition coefficient (Wildman–Crippen LogP) is 1.20. The SMILES string of the molecule is Cn1nc(C(=O)N2C[C@@H](C(=O)N3CCOCC3)Oc3ccccc32)c2ccccc2c1=O. The Labute approximate surface area is 183 Å². The maximum Gasteiger partial charge on any atom is 0.279 e. The highest BCUT2D eigenvalue weighted by Gasteiger charge is 2.37. The zero-order valence-corrected chi connectivity index (χ0v) is 17.6. The van der Waals surface area contributed by atoms with Crippen LogP contribution >= 0.6 is 0 Å². The van der Waals surface area contributed by atoms with Crippen LogP contribution in [0.2, 0.25) is 0 Å². The number of hydrogen-bond donors (Lipinski definition) is 0. The van der Waals surface area contributed by atoms with Crippen molar-refractivity contribution >= 4 is 28.3 Å². The molecule has 1 atom stereocenters. The Kier molecular flexibility index (Phi) is 5.10. The quantitative estimate of drug-likeness (QED) is 0.602. The summed E-state index contributed by atoms with van der Waals surface area (Å²) in [5.74, 6) is -0.126. The molecule has 3 heterocycles. The van der Waals surface area contributed by atoms with Gasteiger partial charge in [0.05, 0.1) is 30.8 Å². The van der Waals surface area contributed by atoms with Crippen molar-refractivity contribution < 1.29 is 19.1 Å². The molecule has 0 N–H and O–H groups in total. The summed E-state index contributed by atoms with van der Waals surface area (Å²) in [4.78, 5) is 42.6. The molecule has 3 aromatic rings. The van der Waals surface area contributed by atoms with E-state index in [2.05, 4.69) is 5.10 Å². The fraction of sp³-hybridized carbons (Fsp3) is 0.304. The fourth-order valence-corrected chi connectivity index (χ4v) is 4.13. The maximum absolute atomic E-state index is 13.7. The summed E-state index contributed by atoms with van der Waals surface area (Å²) in [6, 6.07) is 14.0.